The average Bonchev–Trinajstić information content (AvgIpc) is 2.96. The second-order valence-electron chi connectivity index (χ2n) is 5.32. The summed E-state index contributed by atoms with van der Waals surface area (Å²) in [5.74, 6) is 0.945. The molecule has 4 aromatic rings. The van der Waals surface area contributed by atoms with Crippen molar-refractivity contribution in [3.63, 3.8) is 0 Å². The molecule has 0 atom stereocenters. The predicted molar refractivity (Wildman–Crippen MR) is 88.9 cm³/mol. The third-order valence-corrected chi connectivity index (χ3v) is 3.77. The van der Waals surface area contributed by atoms with Crippen LogP contribution in [0, 0.1) is 19.1 Å². The van der Waals surface area contributed by atoms with Crippen molar-refractivity contribution in [1.82, 2.24) is 9.55 Å². The molecule has 0 saturated carbocycles. The van der Waals surface area contributed by atoms with E-state index in [1.54, 1.807) is 0 Å². The summed E-state index contributed by atoms with van der Waals surface area (Å²) in [4.78, 5) is 4.83. The zero-order valence-electron chi connectivity index (χ0n) is 12.2. The summed E-state index contributed by atoms with van der Waals surface area (Å²) in [7, 11) is 0. The monoisotopic (exact) mass is 282 g/mol. The van der Waals surface area contributed by atoms with Gasteiger partial charge in [0, 0.05) is 11.6 Å². The molecule has 1 aromatic heterocycles. The summed E-state index contributed by atoms with van der Waals surface area (Å²) in [5, 5.41) is 0. The number of imidazole rings is 1. The SMILES string of the molecule is Cc1ccc(-c2nc3ccccc3n2-c2cc#ccc2)cc1. The number of hydrogen-bond donors (Lipinski definition) is 0. The van der Waals surface area contributed by atoms with Gasteiger partial charge in [-0.15, -0.1) is 0 Å². The lowest BCUT2D eigenvalue weighted by molar-refractivity contribution is 1.10. The molecule has 3 aromatic carbocycles. The maximum absolute atomic E-state index is 4.83. The molecule has 22 heavy (non-hydrogen) atoms. The smallest absolute Gasteiger partial charge is 0.145 e. The number of para-hydroxylation sites is 2. The van der Waals surface area contributed by atoms with Crippen molar-refractivity contribution in [2.45, 2.75) is 6.92 Å². The highest BCUT2D eigenvalue weighted by atomic mass is 15.1. The molecule has 4 rings (SSSR count). The number of fused-ring (bicyclic) bond motifs is 1. The van der Waals surface area contributed by atoms with E-state index in [1.807, 2.05) is 36.4 Å². The molecule has 0 aliphatic rings. The highest BCUT2D eigenvalue weighted by molar-refractivity contribution is 5.83. The minimum Gasteiger partial charge on any atom is -0.292 e. The van der Waals surface area contributed by atoms with Crippen LogP contribution in [0.5, 0.6) is 0 Å². The van der Waals surface area contributed by atoms with Crippen LogP contribution in [0.2, 0.25) is 0 Å². The first-order chi connectivity index (χ1) is 10.8. The van der Waals surface area contributed by atoms with E-state index in [2.05, 4.69) is 54.0 Å². The molecule has 0 saturated heterocycles. The van der Waals surface area contributed by atoms with Gasteiger partial charge < -0.3 is 0 Å². The molecule has 0 amide bonds. The summed E-state index contributed by atoms with van der Waals surface area (Å²) < 4.78 is 2.17. The lowest BCUT2D eigenvalue weighted by Gasteiger charge is -2.08. The normalized spacial score (nSPS) is 10.6. The second kappa shape index (κ2) is 5.05. The molecule has 2 heteroatoms. The largest absolute Gasteiger partial charge is 0.292 e. The van der Waals surface area contributed by atoms with Crippen LogP contribution in [0.25, 0.3) is 28.1 Å². The van der Waals surface area contributed by atoms with Gasteiger partial charge in [0.05, 0.1) is 16.7 Å². The highest BCUT2D eigenvalue weighted by Crippen LogP contribution is 2.28. The molecule has 0 bridgehead atoms. The first-order valence-electron chi connectivity index (χ1n) is 7.25. The molecule has 0 aliphatic heterocycles. The van der Waals surface area contributed by atoms with E-state index in [0.29, 0.717) is 0 Å². The van der Waals surface area contributed by atoms with Gasteiger partial charge in [0.15, 0.2) is 0 Å². The van der Waals surface area contributed by atoms with Crippen LogP contribution in [0.4, 0.5) is 0 Å². The molecule has 0 radical (unpaired) electrons. The van der Waals surface area contributed by atoms with Gasteiger partial charge in [-0.25, -0.2) is 4.98 Å². The number of aryl methyl sites for hydroxylation is 1. The van der Waals surface area contributed by atoms with Crippen molar-refractivity contribution in [3.8, 4) is 17.1 Å². The third-order valence-electron chi connectivity index (χ3n) is 3.77. The Labute approximate surface area is 129 Å². The van der Waals surface area contributed by atoms with Crippen LogP contribution in [-0.2, 0) is 0 Å². The maximum Gasteiger partial charge on any atom is 0.145 e. The summed E-state index contributed by atoms with van der Waals surface area (Å²) in [5.41, 5.74) is 5.48. The van der Waals surface area contributed by atoms with E-state index in [1.165, 1.54) is 5.56 Å². The summed E-state index contributed by atoms with van der Waals surface area (Å²) in [6.45, 7) is 2.09. The number of nitrogens with zero attached hydrogens (tertiary/aromatic N) is 2. The molecule has 1 heterocycles. The number of aromatic nitrogens is 2. The topological polar surface area (TPSA) is 17.8 Å². The van der Waals surface area contributed by atoms with Gasteiger partial charge >= 0.3 is 0 Å². The van der Waals surface area contributed by atoms with E-state index in [9.17, 15) is 0 Å². The fourth-order valence-electron chi connectivity index (χ4n) is 2.66. The molecular formula is C20H14N2. The van der Waals surface area contributed by atoms with E-state index in [-0.39, 0.29) is 0 Å². The van der Waals surface area contributed by atoms with Crippen molar-refractivity contribution in [1.29, 1.82) is 0 Å². The quantitative estimate of drug-likeness (QED) is 0.525. The molecule has 0 fully saturated rings. The van der Waals surface area contributed by atoms with E-state index in [4.69, 9.17) is 4.98 Å². The molecule has 104 valence electrons. The first-order valence-corrected chi connectivity index (χ1v) is 7.25. The number of rotatable bonds is 2. The zero-order chi connectivity index (χ0) is 14.9. The second-order valence-corrected chi connectivity index (χ2v) is 5.32. The van der Waals surface area contributed by atoms with Crippen LogP contribution in [0.1, 0.15) is 5.56 Å². The molecule has 0 spiro atoms. The molecule has 0 N–H and O–H groups in total. The Balaban J connectivity index is 2.04. The van der Waals surface area contributed by atoms with Gasteiger partial charge in [-0.3, -0.25) is 4.57 Å². The Morgan fingerprint density at radius 1 is 0.909 bits per heavy atom. The minimum atomic E-state index is 0.945. The third kappa shape index (κ3) is 2.04. The summed E-state index contributed by atoms with van der Waals surface area (Å²) >= 11 is 0. The van der Waals surface area contributed by atoms with E-state index >= 15 is 0 Å². The Hall–Kier alpha value is -3.05. The standard InChI is InChI=1S/C20H14N2/c1-15-11-13-16(14-12-15)20-21-18-9-5-6-10-19(18)22(20)17-7-3-2-4-8-17/h3,5-14H,1H3. The van der Waals surface area contributed by atoms with Crippen molar-refractivity contribution in [2.24, 2.45) is 0 Å². The van der Waals surface area contributed by atoms with E-state index < -0.39 is 0 Å². The van der Waals surface area contributed by atoms with Crippen molar-refractivity contribution in [3.05, 3.63) is 84.4 Å². The van der Waals surface area contributed by atoms with Crippen LogP contribution >= 0.6 is 0 Å². The molecule has 2 nitrogen and oxygen atoms in total. The lowest BCUT2D eigenvalue weighted by atomic mass is 10.1. The van der Waals surface area contributed by atoms with Crippen molar-refractivity contribution >= 4 is 11.0 Å². The predicted octanol–water partition coefficient (Wildman–Crippen LogP) is 4.60. The van der Waals surface area contributed by atoms with Crippen LogP contribution in [-0.4, -0.2) is 9.55 Å². The Kier molecular flexibility index (Phi) is 2.91. The van der Waals surface area contributed by atoms with E-state index in [0.717, 1.165) is 28.1 Å². The fraction of sp³-hybridized carbons (Fsp3) is 0.0500. The Morgan fingerprint density at radius 3 is 2.50 bits per heavy atom. The van der Waals surface area contributed by atoms with Crippen LogP contribution in [0.3, 0.4) is 0 Å². The molecule has 0 unspecified atom stereocenters. The number of hydrogen-bond acceptors (Lipinski definition) is 1. The molecule has 0 aliphatic carbocycles. The van der Waals surface area contributed by atoms with Gasteiger partial charge in [-0.2, -0.15) is 0 Å². The average molecular weight is 282 g/mol. The van der Waals surface area contributed by atoms with Gasteiger partial charge in [0.1, 0.15) is 5.82 Å². The minimum absolute atomic E-state index is 0.945. The summed E-state index contributed by atoms with van der Waals surface area (Å²) in [6, 6.07) is 28.5. The maximum atomic E-state index is 4.83. The lowest BCUT2D eigenvalue weighted by Crippen LogP contribution is -1.96. The summed E-state index contributed by atoms with van der Waals surface area (Å²) in [6.07, 6.45) is 0. The van der Waals surface area contributed by atoms with Crippen molar-refractivity contribution in [2.75, 3.05) is 0 Å². The molecular weight excluding hydrogens is 268 g/mol. The van der Waals surface area contributed by atoms with Gasteiger partial charge in [0.2, 0.25) is 0 Å². The van der Waals surface area contributed by atoms with Gasteiger partial charge in [-0.1, -0.05) is 54.1 Å². The van der Waals surface area contributed by atoms with Crippen LogP contribution < -0.4 is 0 Å². The zero-order valence-corrected chi connectivity index (χ0v) is 12.2. The van der Waals surface area contributed by atoms with Crippen LogP contribution in [0.15, 0.2) is 66.7 Å². The van der Waals surface area contributed by atoms with Crippen molar-refractivity contribution < 1.29 is 0 Å². The Bertz CT molecular complexity index is 919. The van der Waals surface area contributed by atoms with Gasteiger partial charge in [-0.05, 0) is 31.2 Å². The Morgan fingerprint density at radius 2 is 1.73 bits per heavy atom. The number of benzene rings is 2. The fourth-order valence-corrected chi connectivity index (χ4v) is 2.66. The highest BCUT2D eigenvalue weighted by Gasteiger charge is 2.13. The first kappa shape index (κ1) is 12.7. The van der Waals surface area contributed by atoms with Gasteiger partial charge in [0.25, 0.3) is 0 Å².